The van der Waals surface area contributed by atoms with Gasteiger partial charge < -0.3 is 14.7 Å². The fourth-order valence-corrected chi connectivity index (χ4v) is 3.55. The van der Waals surface area contributed by atoms with Crippen LogP contribution in [0.3, 0.4) is 0 Å². The smallest absolute Gasteiger partial charge is 0.255 e. The standard InChI is InChI=1S/C20H24N2O3/c1-14-11-15(13-21-12-14)19(23)22-10-4-5-18(22)20(2,24)16-6-8-17(25-3)9-7-16/h6-9,11-13,18,24H,4-5,10H2,1-3H3/t18-,20+/m1/s1. The molecule has 2 atom stereocenters. The van der Waals surface area contributed by atoms with Crippen LogP contribution in [-0.2, 0) is 5.60 Å². The second kappa shape index (κ2) is 6.84. The Hall–Kier alpha value is -2.40. The first-order chi connectivity index (χ1) is 11.9. The zero-order valence-electron chi connectivity index (χ0n) is 14.9. The number of pyridine rings is 1. The van der Waals surface area contributed by atoms with Crippen molar-refractivity contribution in [3.63, 3.8) is 0 Å². The van der Waals surface area contributed by atoms with Crippen molar-refractivity contribution in [3.05, 3.63) is 59.4 Å². The number of carbonyl (C=O) groups is 1. The summed E-state index contributed by atoms with van der Waals surface area (Å²) in [7, 11) is 1.61. The lowest BCUT2D eigenvalue weighted by Crippen LogP contribution is -2.48. The number of aliphatic hydroxyl groups is 1. The molecule has 5 nitrogen and oxygen atoms in total. The first-order valence-electron chi connectivity index (χ1n) is 8.53. The van der Waals surface area contributed by atoms with Crippen molar-refractivity contribution in [1.82, 2.24) is 9.88 Å². The van der Waals surface area contributed by atoms with E-state index in [4.69, 9.17) is 4.74 Å². The van der Waals surface area contributed by atoms with Crippen molar-refractivity contribution < 1.29 is 14.6 Å². The van der Waals surface area contributed by atoms with Gasteiger partial charge in [0.1, 0.15) is 11.4 Å². The number of likely N-dealkylation sites (tertiary alicyclic amines) is 1. The number of aryl methyl sites for hydroxylation is 1. The summed E-state index contributed by atoms with van der Waals surface area (Å²) >= 11 is 0. The highest BCUT2D eigenvalue weighted by molar-refractivity contribution is 5.94. The van der Waals surface area contributed by atoms with Crippen LogP contribution in [0.4, 0.5) is 0 Å². The van der Waals surface area contributed by atoms with Gasteiger partial charge in [0, 0.05) is 18.9 Å². The number of nitrogens with zero attached hydrogens (tertiary/aromatic N) is 2. The Morgan fingerprint density at radius 2 is 2.04 bits per heavy atom. The highest BCUT2D eigenvalue weighted by Crippen LogP contribution is 2.36. The summed E-state index contributed by atoms with van der Waals surface area (Å²) < 4.78 is 5.18. The van der Waals surface area contributed by atoms with Crippen LogP contribution in [-0.4, -0.2) is 40.6 Å². The van der Waals surface area contributed by atoms with Gasteiger partial charge in [-0.2, -0.15) is 0 Å². The summed E-state index contributed by atoms with van der Waals surface area (Å²) in [5, 5.41) is 11.2. The van der Waals surface area contributed by atoms with Crippen LogP contribution in [0.2, 0.25) is 0 Å². The lowest BCUT2D eigenvalue weighted by Gasteiger charge is -2.37. The van der Waals surface area contributed by atoms with Crippen molar-refractivity contribution in [3.8, 4) is 5.75 Å². The van der Waals surface area contributed by atoms with Gasteiger partial charge in [-0.05, 0) is 56.0 Å². The molecule has 1 amide bonds. The fourth-order valence-electron chi connectivity index (χ4n) is 3.55. The molecular weight excluding hydrogens is 316 g/mol. The van der Waals surface area contributed by atoms with Gasteiger partial charge in [0.25, 0.3) is 5.91 Å². The number of methoxy groups -OCH3 is 1. The normalized spacial score (nSPS) is 19.5. The lowest BCUT2D eigenvalue weighted by atomic mass is 9.86. The molecule has 1 aromatic carbocycles. The van der Waals surface area contributed by atoms with Crippen LogP contribution in [0.15, 0.2) is 42.7 Å². The van der Waals surface area contributed by atoms with E-state index in [2.05, 4.69) is 4.98 Å². The molecular formula is C20H24N2O3. The number of hydrogen-bond acceptors (Lipinski definition) is 4. The van der Waals surface area contributed by atoms with Crippen molar-refractivity contribution in [2.45, 2.75) is 38.3 Å². The van der Waals surface area contributed by atoms with E-state index in [-0.39, 0.29) is 11.9 Å². The molecule has 1 N–H and O–H groups in total. The highest BCUT2D eigenvalue weighted by Gasteiger charge is 2.42. The van der Waals surface area contributed by atoms with Gasteiger partial charge in [-0.3, -0.25) is 9.78 Å². The SMILES string of the molecule is COc1ccc([C@](C)(O)[C@H]2CCCN2C(=O)c2cncc(C)c2)cc1. The zero-order chi connectivity index (χ0) is 18.0. The van der Waals surface area contributed by atoms with Gasteiger partial charge in [0.05, 0.1) is 18.7 Å². The Kier molecular flexibility index (Phi) is 4.77. The van der Waals surface area contributed by atoms with Crippen molar-refractivity contribution in [2.75, 3.05) is 13.7 Å². The zero-order valence-corrected chi connectivity index (χ0v) is 14.9. The fraction of sp³-hybridized carbons (Fsp3) is 0.400. The van der Waals surface area contributed by atoms with Crippen molar-refractivity contribution >= 4 is 5.91 Å². The molecule has 1 aliphatic heterocycles. The number of hydrogen-bond donors (Lipinski definition) is 1. The molecule has 2 heterocycles. The first kappa shape index (κ1) is 17.4. The quantitative estimate of drug-likeness (QED) is 0.929. The lowest BCUT2D eigenvalue weighted by molar-refractivity contribution is -0.0177. The van der Waals surface area contributed by atoms with E-state index < -0.39 is 5.60 Å². The molecule has 1 saturated heterocycles. The second-order valence-electron chi connectivity index (χ2n) is 6.78. The molecule has 0 aliphatic carbocycles. The Balaban J connectivity index is 1.87. The minimum Gasteiger partial charge on any atom is -0.497 e. The van der Waals surface area contributed by atoms with Crippen molar-refractivity contribution in [1.29, 1.82) is 0 Å². The van der Waals surface area contributed by atoms with E-state index in [1.165, 1.54) is 0 Å². The molecule has 132 valence electrons. The maximum Gasteiger partial charge on any atom is 0.255 e. The predicted molar refractivity (Wildman–Crippen MR) is 95.6 cm³/mol. The van der Waals surface area contributed by atoms with E-state index in [0.29, 0.717) is 12.1 Å². The monoisotopic (exact) mass is 340 g/mol. The summed E-state index contributed by atoms with van der Waals surface area (Å²) in [5.74, 6) is 0.664. The number of amides is 1. The second-order valence-corrected chi connectivity index (χ2v) is 6.78. The van der Waals surface area contributed by atoms with Crippen LogP contribution in [0.25, 0.3) is 0 Å². The number of ether oxygens (including phenoxy) is 1. The summed E-state index contributed by atoms with van der Waals surface area (Å²) in [6.07, 6.45) is 4.96. The topological polar surface area (TPSA) is 62.7 Å². The number of aromatic nitrogens is 1. The molecule has 3 rings (SSSR count). The molecule has 1 aromatic heterocycles. The largest absolute Gasteiger partial charge is 0.497 e. The molecule has 1 aliphatic rings. The number of benzene rings is 1. The molecule has 0 saturated carbocycles. The van der Waals surface area contributed by atoms with E-state index >= 15 is 0 Å². The molecule has 2 aromatic rings. The maximum absolute atomic E-state index is 12.9. The maximum atomic E-state index is 12.9. The summed E-state index contributed by atoms with van der Waals surface area (Å²) in [4.78, 5) is 18.8. The third-order valence-corrected chi connectivity index (χ3v) is 4.96. The van der Waals surface area contributed by atoms with E-state index in [9.17, 15) is 9.90 Å². The number of rotatable bonds is 4. The van der Waals surface area contributed by atoms with Crippen LogP contribution in [0.1, 0.15) is 41.3 Å². The average molecular weight is 340 g/mol. The summed E-state index contributed by atoms with van der Waals surface area (Å²) in [5.41, 5.74) is 1.16. The third-order valence-electron chi connectivity index (χ3n) is 4.96. The minimum atomic E-state index is -1.13. The Morgan fingerprint density at radius 3 is 2.68 bits per heavy atom. The van der Waals surface area contributed by atoms with Crippen LogP contribution in [0, 0.1) is 6.92 Å². The predicted octanol–water partition coefficient (Wildman–Crippen LogP) is 2.91. The van der Waals surface area contributed by atoms with Gasteiger partial charge in [-0.15, -0.1) is 0 Å². The summed E-state index contributed by atoms with van der Waals surface area (Å²) in [6, 6.07) is 8.94. The van der Waals surface area contributed by atoms with Crippen molar-refractivity contribution in [2.24, 2.45) is 0 Å². The highest BCUT2D eigenvalue weighted by atomic mass is 16.5. The first-order valence-corrected chi connectivity index (χ1v) is 8.53. The van der Waals surface area contributed by atoms with E-state index in [1.54, 1.807) is 31.3 Å². The minimum absolute atomic E-state index is 0.0764. The van der Waals surface area contributed by atoms with Gasteiger partial charge >= 0.3 is 0 Å². The molecule has 0 bridgehead atoms. The molecule has 0 spiro atoms. The van der Waals surface area contributed by atoms with E-state index in [0.717, 1.165) is 29.7 Å². The third kappa shape index (κ3) is 3.37. The molecule has 5 heteroatoms. The average Bonchev–Trinajstić information content (AvgIpc) is 3.11. The van der Waals surface area contributed by atoms with Gasteiger partial charge in [0.15, 0.2) is 0 Å². The van der Waals surface area contributed by atoms with E-state index in [1.807, 2.05) is 37.3 Å². The van der Waals surface area contributed by atoms with Crippen LogP contribution in [0.5, 0.6) is 5.75 Å². The molecule has 0 radical (unpaired) electrons. The molecule has 25 heavy (non-hydrogen) atoms. The van der Waals surface area contributed by atoms with Crippen LogP contribution < -0.4 is 4.74 Å². The Labute approximate surface area is 148 Å². The molecule has 0 unspecified atom stereocenters. The Morgan fingerprint density at radius 1 is 1.32 bits per heavy atom. The van der Waals surface area contributed by atoms with Gasteiger partial charge in [-0.25, -0.2) is 0 Å². The Bertz CT molecular complexity index is 756. The number of carbonyl (C=O) groups excluding carboxylic acids is 1. The molecule has 1 fully saturated rings. The van der Waals surface area contributed by atoms with Crippen LogP contribution >= 0.6 is 0 Å². The van der Waals surface area contributed by atoms with Gasteiger partial charge in [0.2, 0.25) is 0 Å². The van der Waals surface area contributed by atoms with Gasteiger partial charge in [-0.1, -0.05) is 12.1 Å². The summed E-state index contributed by atoms with van der Waals surface area (Å²) in [6.45, 7) is 4.34.